The van der Waals surface area contributed by atoms with Gasteiger partial charge < -0.3 is 4.74 Å². The Morgan fingerprint density at radius 2 is 1.75 bits per heavy atom. The van der Waals surface area contributed by atoms with E-state index >= 15 is 0 Å². The summed E-state index contributed by atoms with van der Waals surface area (Å²) < 4.78 is 33.6. The molecule has 0 aliphatic rings. The second kappa shape index (κ2) is 10.4. The smallest absolute Gasteiger partial charge is 0.270 e. The van der Waals surface area contributed by atoms with E-state index in [-0.39, 0.29) is 15.4 Å². The monoisotopic (exact) mass is 494 g/mol. The molecule has 0 unspecified atom stereocenters. The van der Waals surface area contributed by atoms with Crippen LogP contribution in [0.1, 0.15) is 42.2 Å². The molecule has 1 atom stereocenters. The van der Waals surface area contributed by atoms with E-state index in [9.17, 15) is 13.2 Å². The first-order valence-electron chi connectivity index (χ1n) is 9.74. The van der Waals surface area contributed by atoms with Gasteiger partial charge in [-0.05, 0) is 54.3 Å². The Hall–Kier alpha value is -2.53. The molecule has 8 nitrogen and oxygen atoms in total. The minimum Gasteiger partial charge on any atom is -0.497 e. The van der Waals surface area contributed by atoms with Crippen molar-refractivity contribution in [3.05, 3.63) is 64.7 Å². The zero-order valence-corrected chi connectivity index (χ0v) is 20.1. The molecule has 0 saturated carbocycles. The molecule has 0 aliphatic heterocycles. The molecule has 3 aromatic rings. The van der Waals surface area contributed by atoms with Crippen LogP contribution in [-0.2, 0) is 10.0 Å². The van der Waals surface area contributed by atoms with E-state index in [1.54, 1.807) is 43.5 Å². The molecular formula is C21H23ClN4O4S2. The largest absolute Gasteiger partial charge is 0.497 e. The average molecular weight is 495 g/mol. The Bertz CT molecular complexity index is 1160. The molecule has 0 saturated heterocycles. The Morgan fingerprint density at radius 3 is 2.34 bits per heavy atom. The molecule has 1 amide bonds. The fraction of sp³-hybridized carbons (Fsp3) is 0.286. The fourth-order valence-electron chi connectivity index (χ4n) is 2.94. The van der Waals surface area contributed by atoms with Gasteiger partial charge in [-0.2, -0.15) is 0 Å². The van der Waals surface area contributed by atoms with Crippen LogP contribution in [-0.4, -0.2) is 31.6 Å². The van der Waals surface area contributed by atoms with Gasteiger partial charge in [-0.3, -0.25) is 10.1 Å². The third-order valence-corrected chi connectivity index (χ3v) is 7.42. The quantitative estimate of drug-likeness (QED) is 0.423. The second-order valence-corrected chi connectivity index (χ2v) is 10.7. The molecule has 0 spiro atoms. The Kier molecular flexibility index (Phi) is 7.83. The summed E-state index contributed by atoms with van der Waals surface area (Å²) in [6, 6.07) is 13.1. The average Bonchev–Trinajstić information content (AvgIpc) is 3.23. The summed E-state index contributed by atoms with van der Waals surface area (Å²) in [6.07, 6.45) is 0.588. The van der Waals surface area contributed by atoms with Crippen LogP contribution in [0.3, 0.4) is 0 Å². The molecule has 11 heteroatoms. The first-order chi connectivity index (χ1) is 15.2. The summed E-state index contributed by atoms with van der Waals surface area (Å²) in [4.78, 5) is 12.3. The summed E-state index contributed by atoms with van der Waals surface area (Å²) in [5, 5.41) is 10.7. The van der Waals surface area contributed by atoms with Crippen LogP contribution in [0.5, 0.6) is 5.75 Å². The Morgan fingerprint density at radius 1 is 1.09 bits per heavy atom. The number of nitrogens with zero attached hydrogens (tertiary/aromatic N) is 2. The lowest BCUT2D eigenvalue weighted by Crippen LogP contribution is -2.29. The molecule has 1 aromatic heterocycles. The number of ether oxygens (including phenoxy) is 1. The van der Waals surface area contributed by atoms with Crippen molar-refractivity contribution in [3.8, 4) is 5.75 Å². The number of methoxy groups -OCH3 is 1. The fourth-order valence-corrected chi connectivity index (χ4v) is 5.21. The first-order valence-corrected chi connectivity index (χ1v) is 12.4. The number of amides is 1. The van der Waals surface area contributed by atoms with Gasteiger partial charge in [0.25, 0.3) is 15.9 Å². The van der Waals surface area contributed by atoms with E-state index in [4.69, 9.17) is 16.3 Å². The van der Waals surface area contributed by atoms with Crippen molar-refractivity contribution < 1.29 is 17.9 Å². The molecule has 0 fully saturated rings. The third kappa shape index (κ3) is 6.26. The topological polar surface area (TPSA) is 110 Å². The molecule has 0 radical (unpaired) electrons. The molecule has 0 aliphatic carbocycles. The van der Waals surface area contributed by atoms with Crippen LogP contribution >= 0.6 is 22.9 Å². The molecule has 2 aromatic carbocycles. The van der Waals surface area contributed by atoms with Crippen LogP contribution in [0.2, 0.25) is 5.02 Å². The summed E-state index contributed by atoms with van der Waals surface area (Å²) in [5.74, 6) is 0.490. The highest BCUT2D eigenvalue weighted by Gasteiger charge is 2.26. The number of benzene rings is 2. The third-order valence-electron chi connectivity index (χ3n) is 4.49. The number of carbonyl (C=O) groups is 1. The van der Waals surface area contributed by atoms with Gasteiger partial charge in [0.15, 0.2) is 0 Å². The van der Waals surface area contributed by atoms with Gasteiger partial charge in [-0.25, -0.2) is 13.1 Å². The van der Waals surface area contributed by atoms with Gasteiger partial charge in [0, 0.05) is 16.6 Å². The van der Waals surface area contributed by atoms with Gasteiger partial charge in [-0.15, -0.1) is 10.2 Å². The van der Waals surface area contributed by atoms with E-state index in [1.165, 1.54) is 0 Å². The lowest BCUT2D eigenvalue weighted by molar-refractivity contribution is 0.102. The van der Waals surface area contributed by atoms with E-state index in [0.29, 0.717) is 22.8 Å². The number of aromatic nitrogens is 2. The molecule has 170 valence electrons. The SMILES string of the molecule is COc1ccc([C@H](CC(C)C)NS(=O)(=O)c2nnc(NC(=O)c3ccc(Cl)cc3)s2)cc1. The molecule has 0 bridgehead atoms. The number of anilines is 1. The van der Waals surface area contributed by atoms with Crippen molar-refractivity contribution in [2.75, 3.05) is 12.4 Å². The second-order valence-electron chi connectivity index (χ2n) is 7.41. The number of nitrogens with one attached hydrogen (secondary N) is 2. The van der Waals surface area contributed by atoms with Gasteiger partial charge >= 0.3 is 0 Å². The normalized spacial score (nSPS) is 12.5. The zero-order chi connectivity index (χ0) is 23.3. The number of carbonyl (C=O) groups excluding carboxylic acids is 1. The minimum atomic E-state index is -3.96. The number of halogens is 1. The number of hydrogen-bond acceptors (Lipinski definition) is 7. The number of rotatable bonds is 9. The Balaban J connectivity index is 1.76. The maximum Gasteiger partial charge on any atom is 0.270 e. The minimum absolute atomic E-state index is 0.0789. The summed E-state index contributed by atoms with van der Waals surface area (Å²) in [7, 11) is -2.39. The summed E-state index contributed by atoms with van der Waals surface area (Å²) >= 11 is 6.61. The van der Waals surface area contributed by atoms with Gasteiger partial charge in [0.05, 0.1) is 7.11 Å². The summed E-state index contributed by atoms with van der Waals surface area (Å²) in [5.41, 5.74) is 1.17. The predicted molar refractivity (Wildman–Crippen MR) is 125 cm³/mol. The van der Waals surface area contributed by atoms with Crippen molar-refractivity contribution in [3.63, 3.8) is 0 Å². The van der Waals surface area contributed by atoms with E-state index in [1.807, 2.05) is 26.0 Å². The van der Waals surface area contributed by atoms with Gasteiger partial charge in [-0.1, -0.05) is 48.9 Å². The molecule has 2 N–H and O–H groups in total. The van der Waals surface area contributed by atoms with Crippen molar-refractivity contribution in [1.82, 2.24) is 14.9 Å². The lowest BCUT2D eigenvalue weighted by Gasteiger charge is -2.20. The van der Waals surface area contributed by atoms with E-state index in [2.05, 4.69) is 20.2 Å². The zero-order valence-electron chi connectivity index (χ0n) is 17.7. The van der Waals surface area contributed by atoms with Crippen molar-refractivity contribution in [1.29, 1.82) is 0 Å². The Labute approximate surface area is 196 Å². The molecule has 32 heavy (non-hydrogen) atoms. The highest BCUT2D eigenvalue weighted by Crippen LogP contribution is 2.27. The molecule has 1 heterocycles. The number of hydrogen-bond donors (Lipinski definition) is 2. The van der Waals surface area contributed by atoms with Crippen LogP contribution in [0.4, 0.5) is 5.13 Å². The van der Waals surface area contributed by atoms with Gasteiger partial charge in [0.1, 0.15) is 5.75 Å². The van der Waals surface area contributed by atoms with Crippen LogP contribution < -0.4 is 14.8 Å². The molecular weight excluding hydrogens is 472 g/mol. The van der Waals surface area contributed by atoms with Gasteiger partial charge in [0.2, 0.25) is 9.47 Å². The molecule has 3 rings (SSSR count). The van der Waals surface area contributed by atoms with E-state index < -0.39 is 22.0 Å². The first kappa shape index (κ1) is 24.1. The maximum absolute atomic E-state index is 13.0. The summed E-state index contributed by atoms with van der Waals surface area (Å²) in [6.45, 7) is 4.03. The lowest BCUT2D eigenvalue weighted by atomic mass is 9.98. The number of sulfonamides is 1. The van der Waals surface area contributed by atoms with Crippen molar-refractivity contribution in [2.45, 2.75) is 30.6 Å². The van der Waals surface area contributed by atoms with Crippen LogP contribution in [0.15, 0.2) is 52.9 Å². The van der Waals surface area contributed by atoms with Crippen LogP contribution in [0.25, 0.3) is 0 Å². The van der Waals surface area contributed by atoms with E-state index in [0.717, 1.165) is 16.9 Å². The highest BCUT2D eigenvalue weighted by molar-refractivity contribution is 7.91. The van der Waals surface area contributed by atoms with Crippen molar-refractivity contribution in [2.24, 2.45) is 5.92 Å². The standard InChI is InChI=1S/C21H23ClN4O4S2/c1-13(2)12-18(14-6-10-17(30-3)11-7-14)26-32(28,29)21-25-24-20(31-21)23-19(27)15-4-8-16(22)9-5-15/h4-11,13,18,26H,12H2,1-3H3,(H,23,24,27)/t18-/m0/s1. The highest BCUT2D eigenvalue weighted by atomic mass is 35.5. The maximum atomic E-state index is 13.0. The van der Waals surface area contributed by atoms with Crippen LogP contribution in [0, 0.1) is 5.92 Å². The van der Waals surface area contributed by atoms with Crippen molar-refractivity contribution >= 4 is 44.0 Å². The predicted octanol–water partition coefficient (Wildman–Crippen LogP) is 4.52.